The van der Waals surface area contributed by atoms with E-state index in [4.69, 9.17) is 5.11 Å². The second-order valence-corrected chi connectivity index (χ2v) is 4.76. The summed E-state index contributed by atoms with van der Waals surface area (Å²) in [5, 5.41) is 3.06. The van der Waals surface area contributed by atoms with E-state index in [2.05, 4.69) is 0 Å². The van der Waals surface area contributed by atoms with Gasteiger partial charge < -0.3 is 5.11 Å². The summed E-state index contributed by atoms with van der Waals surface area (Å²) in [4.78, 5) is 9.76. The highest BCUT2D eigenvalue weighted by molar-refractivity contribution is 8.00. The zero-order valence-electron chi connectivity index (χ0n) is 9.22. The Kier molecular flexibility index (Phi) is 4.28. The van der Waals surface area contributed by atoms with Gasteiger partial charge in [0.1, 0.15) is 0 Å². The van der Waals surface area contributed by atoms with E-state index >= 15 is 0 Å². The Labute approximate surface area is 111 Å². The lowest BCUT2D eigenvalue weighted by Crippen LogP contribution is -2.50. The minimum Gasteiger partial charge on any atom is -0.478 e. The zero-order valence-corrected chi connectivity index (χ0v) is 10.0. The summed E-state index contributed by atoms with van der Waals surface area (Å²) in [5.74, 6) is -1.56. The lowest BCUT2D eigenvalue weighted by atomic mass is 10.2. The van der Waals surface area contributed by atoms with Crippen LogP contribution in [0.3, 0.4) is 0 Å². The largest absolute Gasteiger partial charge is 0.478 e. The molecule has 0 aliphatic heterocycles. The Morgan fingerprint density at radius 1 is 1.00 bits per heavy atom. The first-order valence-corrected chi connectivity index (χ1v) is 5.55. The van der Waals surface area contributed by atoms with E-state index < -0.39 is 45.5 Å². The summed E-state index contributed by atoms with van der Waals surface area (Å²) in [6, 6.07) is 3.15. The number of carbonyl (C=O) groups is 1. The van der Waals surface area contributed by atoms with Crippen molar-refractivity contribution in [1.29, 1.82) is 0 Å². The average Bonchev–Trinajstić information content (AvgIpc) is 2.26. The first-order valence-electron chi connectivity index (χ1n) is 4.73. The number of carboxylic acids is 1. The van der Waals surface area contributed by atoms with Crippen LogP contribution in [0.25, 0.3) is 0 Å². The maximum Gasteiger partial charge on any atom is 0.441 e. The van der Waals surface area contributed by atoms with Gasteiger partial charge in [0.15, 0.2) is 0 Å². The molecule has 1 aromatic carbocycles. The second kappa shape index (κ2) is 5.15. The number of carboxylic acid groups (broad SMARTS) is 1. The van der Waals surface area contributed by atoms with Gasteiger partial charge in [0.25, 0.3) is 0 Å². The van der Waals surface area contributed by atoms with Crippen LogP contribution in [0.5, 0.6) is 0 Å². The third-order valence-corrected chi connectivity index (χ3v) is 3.30. The number of halogens is 7. The smallest absolute Gasteiger partial charge is 0.441 e. The van der Waals surface area contributed by atoms with Gasteiger partial charge in [-0.25, -0.2) is 9.18 Å². The Hall–Kier alpha value is -1.45. The first-order chi connectivity index (χ1) is 8.88. The van der Waals surface area contributed by atoms with Gasteiger partial charge >= 0.3 is 23.3 Å². The molecular formula is C10H5F7O2S. The van der Waals surface area contributed by atoms with Crippen molar-refractivity contribution in [3.8, 4) is 0 Å². The molecule has 0 aromatic heterocycles. The van der Waals surface area contributed by atoms with Gasteiger partial charge in [0, 0.05) is 4.90 Å². The van der Waals surface area contributed by atoms with Crippen LogP contribution < -0.4 is 0 Å². The van der Waals surface area contributed by atoms with E-state index in [-0.39, 0.29) is 0 Å². The number of aromatic carboxylic acids is 1. The van der Waals surface area contributed by atoms with E-state index in [1.807, 2.05) is 0 Å². The number of rotatable bonds is 3. The number of hydrogen-bond donors (Lipinski definition) is 1. The third-order valence-electron chi connectivity index (χ3n) is 2.07. The fraction of sp³-hybridized carbons (Fsp3) is 0.300. The molecule has 1 N–H and O–H groups in total. The van der Waals surface area contributed by atoms with E-state index in [0.717, 1.165) is 18.2 Å². The second-order valence-electron chi connectivity index (χ2n) is 3.53. The number of hydrogen-bond acceptors (Lipinski definition) is 2. The summed E-state index contributed by atoms with van der Waals surface area (Å²) in [7, 11) is 0. The van der Waals surface area contributed by atoms with Crippen molar-refractivity contribution in [3.63, 3.8) is 0 Å². The molecule has 20 heavy (non-hydrogen) atoms. The fourth-order valence-corrected chi connectivity index (χ4v) is 2.02. The van der Waals surface area contributed by atoms with Crippen molar-refractivity contribution < 1.29 is 40.6 Å². The quantitative estimate of drug-likeness (QED) is 0.667. The van der Waals surface area contributed by atoms with Crippen molar-refractivity contribution in [1.82, 2.24) is 0 Å². The molecule has 0 aliphatic carbocycles. The predicted octanol–water partition coefficient (Wildman–Crippen LogP) is 4.27. The molecule has 1 rings (SSSR count). The van der Waals surface area contributed by atoms with Crippen LogP contribution in [0.2, 0.25) is 0 Å². The minimum atomic E-state index is -6.20. The molecule has 112 valence electrons. The van der Waals surface area contributed by atoms with Crippen LogP contribution in [0.1, 0.15) is 10.4 Å². The molecule has 0 unspecified atom stereocenters. The SMILES string of the molecule is O=C(O)c1cccc(SC(F)(C(F)(F)F)C(F)(F)F)c1. The Balaban J connectivity index is 3.22. The van der Waals surface area contributed by atoms with E-state index in [1.165, 1.54) is 0 Å². The van der Waals surface area contributed by atoms with Crippen LogP contribution in [0.4, 0.5) is 30.7 Å². The molecule has 0 aliphatic rings. The van der Waals surface area contributed by atoms with Gasteiger partial charge in [-0.05, 0) is 18.2 Å². The Morgan fingerprint density at radius 2 is 1.50 bits per heavy atom. The lowest BCUT2D eigenvalue weighted by Gasteiger charge is -2.29. The van der Waals surface area contributed by atoms with Crippen molar-refractivity contribution in [3.05, 3.63) is 29.8 Å². The molecule has 0 saturated heterocycles. The number of thioether (sulfide) groups is 1. The molecule has 0 radical (unpaired) electrons. The summed E-state index contributed by atoms with van der Waals surface area (Å²) >= 11 is -1.14. The van der Waals surface area contributed by atoms with Crippen LogP contribution in [0.15, 0.2) is 29.2 Å². The third kappa shape index (κ3) is 3.17. The normalized spacial score (nSPS) is 13.3. The highest BCUT2D eigenvalue weighted by atomic mass is 32.2. The van der Waals surface area contributed by atoms with Crippen LogP contribution in [-0.2, 0) is 0 Å². The van der Waals surface area contributed by atoms with Crippen molar-refractivity contribution in [2.45, 2.75) is 22.2 Å². The van der Waals surface area contributed by atoms with Crippen LogP contribution >= 0.6 is 11.8 Å². The van der Waals surface area contributed by atoms with E-state index in [1.54, 1.807) is 0 Å². The Bertz CT molecular complexity index is 495. The number of benzene rings is 1. The fourth-order valence-electron chi connectivity index (χ4n) is 1.13. The maximum atomic E-state index is 13.4. The molecule has 0 amide bonds. The summed E-state index contributed by atoms with van der Waals surface area (Å²) < 4.78 is 87.3. The molecule has 0 atom stereocenters. The lowest BCUT2D eigenvalue weighted by molar-refractivity contribution is -0.302. The molecule has 2 nitrogen and oxygen atoms in total. The topological polar surface area (TPSA) is 37.3 Å². The number of alkyl halides is 7. The predicted molar refractivity (Wildman–Crippen MR) is 55.2 cm³/mol. The zero-order chi connectivity index (χ0) is 15.8. The van der Waals surface area contributed by atoms with Gasteiger partial charge in [-0.15, -0.1) is 0 Å². The monoisotopic (exact) mass is 322 g/mol. The van der Waals surface area contributed by atoms with E-state index in [9.17, 15) is 35.5 Å². The molecule has 10 heteroatoms. The van der Waals surface area contributed by atoms with Crippen molar-refractivity contribution in [2.75, 3.05) is 0 Å². The molecule has 1 aromatic rings. The summed E-state index contributed by atoms with van der Waals surface area (Å²) in [5.41, 5.74) is -0.554. The summed E-state index contributed by atoms with van der Waals surface area (Å²) in [6.07, 6.45) is -12.4. The van der Waals surface area contributed by atoms with E-state index in [0.29, 0.717) is 6.07 Å². The van der Waals surface area contributed by atoms with Gasteiger partial charge in [0.05, 0.1) is 5.56 Å². The standard InChI is InChI=1S/C10H5F7O2S/c11-8(9(12,13)14,10(15,16)17)20-6-3-1-2-5(4-6)7(18)19/h1-4H,(H,18,19). The van der Waals surface area contributed by atoms with Crippen LogP contribution in [-0.4, -0.2) is 28.4 Å². The highest BCUT2D eigenvalue weighted by Gasteiger charge is 2.73. The molecule has 0 heterocycles. The average molecular weight is 322 g/mol. The van der Waals surface area contributed by atoms with Crippen molar-refractivity contribution >= 4 is 17.7 Å². The van der Waals surface area contributed by atoms with Gasteiger partial charge in [0.2, 0.25) is 0 Å². The first kappa shape index (κ1) is 16.6. The van der Waals surface area contributed by atoms with Gasteiger partial charge in [-0.1, -0.05) is 17.8 Å². The maximum absolute atomic E-state index is 13.4. The molecule has 0 bridgehead atoms. The van der Waals surface area contributed by atoms with Gasteiger partial charge in [-0.3, -0.25) is 0 Å². The van der Waals surface area contributed by atoms with Gasteiger partial charge in [-0.2, -0.15) is 26.3 Å². The minimum absolute atomic E-state index is 0.527. The molecule has 0 spiro atoms. The summed E-state index contributed by atoms with van der Waals surface area (Å²) in [6.45, 7) is 0. The highest BCUT2D eigenvalue weighted by Crippen LogP contribution is 2.55. The Morgan fingerprint density at radius 3 is 1.90 bits per heavy atom. The van der Waals surface area contributed by atoms with Crippen molar-refractivity contribution in [2.24, 2.45) is 0 Å². The van der Waals surface area contributed by atoms with Crippen LogP contribution in [0, 0.1) is 0 Å². The molecule has 0 saturated carbocycles. The molecular weight excluding hydrogens is 317 g/mol. The molecule has 0 fully saturated rings.